The second-order valence-electron chi connectivity index (χ2n) is 6.42. The molecule has 116 valence electrons. The molecule has 0 saturated carbocycles. The number of piperidine rings is 1. The minimum Gasteiger partial charge on any atom is -0.495 e. The summed E-state index contributed by atoms with van der Waals surface area (Å²) in [6.45, 7) is 8.03. The Balaban J connectivity index is 2.13. The number of ether oxygens (including phenoxy) is 1. The van der Waals surface area contributed by atoms with Gasteiger partial charge in [-0.2, -0.15) is 0 Å². The smallest absolute Gasteiger partial charge is 0.230 e. The summed E-state index contributed by atoms with van der Waals surface area (Å²) in [6, 6.07) is 5.82. The first kappa shape index (κ1) is 15.8. The molecule has 1 aliphatic heterocycles. The quantitative estimate of drug-likeness (QED) is 0.896. The first-order chi connectivity index (χ1) is 9.95. The Morgan fingerprint density at radius 3 is 2.81 bits per heavy atom. The summed E-state index contributed by atoms with van der Waals surface area (Å²) >= 11 is 0. The normalized spacial score (nSPS) is 19.1. The number of nitrogens with one attached hydrogen (secondary N) is 2. The largest absolute Gasteiger partial charge is 0.495 e. The van der Waals surface area contributed by atoms with Crippen LogP contribution >= 0.6 is 0 Å². The summed E-state index contributed by atoms with van der Waals surface area (Å²) < 4.78 is 5.36. The summed E-state index contributed by atoms with van der Waals surface area (Å²) in [6.07, 6.45) is 2.23. The number of rotatable bonds is 4. The summed E-state index contributed by atoms with van der Waals surface area (Å²) in [7, 11) is 1.63. The second-order valence-corrected chi connectivity index (χ2v) is 6.42. The number of carbonyl (C=O) groups excluding carboxylic acids is 1. The Bertz CT molecular complexity index is 506. The third-order valence-corrected chi connectivity index (χ3v) is 4.51. The molecule has 0 radical (unpaired) electrons. The number of carbonyl (C=O) groups is 1. The second kappa shape index (κ2) is 6.48. The zero-order chi connectivity index (χ0) is 15.5. The lowest BCUT2D eigenvalue weighted by Crippen LogP contribution is -2.44. The van der Waals surface area contributed by atoms with E-state index in [-0.39, 0.29) is 5.91 Å². The highest BCUT2D eigenvalue weighted by atomic mass is 16.5. The molecule has 2 N–H and O–H groups in total. The van der Waals surface area contributed by atoms with E-state index in [9.17, 15) is 4.79 Å². The highest BCUT2D eigenvalue weighted by molar-refractivity contribution is 5.96. The maximum Gasteiger partial charge on any atom is 0.230 e. The van der Waals surface area contributed by atoms with Crippen LogP contribution in [-0.4, -0.2) is 26.1 Å². The van der Waals surface area contributed by atoms with Crippen LogP contribution in [0.1, 0.15) is 32.3 Å². The van der Waals surface area contributed by atoms with Crippen molar-refractivity contribution < 1.29 is 9.53 Å². The van der Waals surface area contributed by atoms with Crippen LogP contribution in [0.2, 0.25) is 0 Å². The summed E-state index contributed by atoms with van der Waals surface area (Å²) in [5, 5.41) is 6.42. The standard InChI is InChI=1S/C17H26N2O2/c1-12-7-8-14(15(10-12)21-4)19-16(20)17(2,3)13-6-5-9-18-11-13/h7-8,10,13,18H,5-6,9,11H2,1-4H3,(H,19,20). The van der Waals surface area contributed by atoms with Crippen LogP contribution in [0.15, 0.2) is 18.2 Å². The fraction of sp³-hybridized carbons (Fsp3) is 0.588. The predicted octanol–water partition coefficient (Wildman–Crippen LogP) is 2.97. The van der Waals surface area contributed by atoms with E-state index in [1.165, 1.54) is 0 Å². The highest BCUT2D eigenvalue weighted by Crippen LogP contribution is 2.34. The van der Waals surface area contributed by atoms with Gasteiger partial charge in [-0.25, -0.2) is 0 Å². The molecule has 4 heteroatoms. The molecular formula is C17H26N2O2. The molecule has 1 aromatic carbocycles. The van der Waals surface area contributed by atoms with E-state index < -0.39 is 5.41 Å². The lowest BCUT2D eigenvalue weighted by Gasteiger charge is -2.36. The van der Waals surface area contributed by atoms with Gasteiger partial charge in [0.05, 0.1) is 12.8 Å². The van der Waals surface area contributed by atoms with Crippen molar-refractivity contribution in [3.8, 4) is 5.75 Å². The third-order valence-electron chi connectivity index (χ3n) is 4.51. The maximum atomic E-state index is 12.7. The zero-order valence-corrected chi connectivity index (χ0v) is 13.5. The summed E-state index contributed by atoms with van der Waals surface area (Å²) in [5.41, 5.74) is 1.45. The molecule has 21 heavy (non-hydrogen) atoms. The van der Waals surface area contributed by atoms with Crippen molar-refractivity contribution in [1.29, 1.82) is 0 Å². The van der Waals surface area contributed by atoms with Gasteiger partial charge in [0.15, 0.2) is 0 Å². The van der Waals surface area contributed by atoms with Gasteiger partial charge in [0.1, 0.15) is 5.75 Å². The predicted molar refractivity (Wildman–Crippen MR) is 85.7 cm³/mol. The fourth-order valence-corrected chi connectivity index (χ4v) is 2.84. The molecule has 1 fully saturated rings. The Labute approximate surface area is 127 Å². The van der Waals surface area contributed by atoms with Crippen molar-refractivity contribution in [2.24, 2.45) is 11.3 Å². The maximum absolute atomic E-state index is 12.7. The minimum atomic E-state index is -0.399. The third kappa shape index (κ3) is 3.56. The number of hydrogen-bond acceptors (Lipinski definition) is 3. The fourth-order valence-electron chi connectivity index (χ4n) is 2.84. The van der Waals surface area contributed by atoms with Gasteiger partial charge >= 0.3 is 0 Å². The first-order valence-electron chi connectivity index (χ1n) is 7.62. The van der Waals surface area contributed by atoms with Crippen LogP contribution in [0.25, 0.3) is 0 Å². The minimum absolute atomic E-state index is 0.0540. The highest BCUT2D eigenvalue weighted by Gasteiger charge is 2.37. The SMILES string of the molecule is COc1cc(C)ccc1NC(=O)C(C)(C)C1CCCNC1. The van der Waals surface area contributed by atoms with Crippen molar-refractivity contribution in [2.75, 3.05) is 25.5 Å². The molecule has 1 aliphatic rings. The molecule has 1 atom stereocenters. The van der Waals surface area contributed by atoms with Gasteiger partial charge < -0.3 is 15.4 Å². The van der Waals surface area contributed by atoms with Gasteiger partial charge in [-0.15, -0.1) is 0 Å². The molecule has 0 aromatic heterocycles. The molecule has 0 bridgehead atoms. The molecule has 1 amide bonds. The number of amides is 1. The lowest BCUT2D eigenvalue weighted by atomic mass is 9.74. The van der Waals surface area contributed by atoms with Crippen molar-refractivity contribution in [3.05, 3.63) is 23.8 Å². The van der Waals surface area contributed by atoms with E-state index >= 15 is 0 Å². The van der Waals surface area contributed by atoms with E-state index in [1.807, 2.05) is 39.0 Å². The molecular weight excluding hydrogens is 264 g/mol. The molecule has 1 aromatic rings. The van der Waals surface area contributed by atoms with Crippen LogP contribution in [-0.2, 0) is 4.79 Å². The number of methoxy groups -OCH3 is 1. The average molecular weight is 290 g/mol. The Hall–Kier alpha value is -1.55. The molecule has 0 spiro atoms. The molecule has 4 nitrogen and oxygen atoms in total. The summed E-state index contributed by atoms with van der Waals surface area (Å²) in [5.74, 6) is 1.13. The van der Waals surface area contributed by atoms with E-state index in [0.29, 0.717) is 11.7 Å². The number of aryl methyl sites for hydroxylation is 1. The van der Waals surface area contributed by atoms with Gasteiger partial charge in [-0.05, 0) is 56.5 Å². The van der Waals surface area contributed by atoms with Crippen molar-refractivity contribution in [2.45, 2.75) is 33.6 Å². The van der Waals surface area contributed by atoms with Crippen LogP contribution < -0.4 is 15.4 Å². The van der Waals surface area contributed by atoms with Crippen LogP contribution in [0.4, 0.5) is 5.69 Å². The molecule has 1 unspecified atom stereocenters. The first-order valence-corrected chi connectivity index (χ1v) is 7.62. The van der Waals surface area contributed by atoms with Gasteiger partial charge in [0.2, 0.25) is 5.91 Å². The average Bonchev–Trinajstić information content (AvgIpc) is 2.49. The molecule has 2 rings (SSSR count). The van der Waals surface area contributed by atoms with Gasteiger partial charge in [0, 0.05) is 5.41 Å². The van der Waals surface area contributed by atoms with Crippen LogP contribution in [0.3, 0.4) is 0 Å². The monoisotopic (exact) mass is 290 g/mol. The zero-order valence-electron chi connectivity index (χ0n) is 13.5. The molecule has 1 saturated heterocycles. The van der Waals surface area contributed by atoms with E-state index in [2.05, 4.69) is 10.6 Å². The van der Waals surface area contributed by atoms with Crippen molar-refractivity contribution in [1.82, 2.24) is 5.32 Å². The molecule has 0 aliphatic carbocycles. The van der Waals surface area contributed by atoms with Crippen molar-refractivity contribution in [3.63, 3.8) is 0 Å². The van der Waals surface area contributed by atoms with E-state index in [0.717, 1.165) is 37.2 Å². The Morgan fingerprint density at radius 1 is 1.43 bits per heavy atom. The van der Waals surface area contributed by atoms with Crippen molar-refractivity contribution >= 4 is 11.6 Å². The summed E-state index contributed by atoms with van der Waals surface area (Å²) in [4.78, 5) is 12.7. The Morgan fingerprint density at radius 2 is 2.19 bits per heavy atom. The molecule has 1 heterocycles. The van der Waals surface area contributed by atoms with E-state index in [4.69, 9.17) is 4.74 Å². The topological polar surface area (TPSA) is 50.4 Å². The van der Waals surface area contributed by atoms with Gasteiger partial charge in [-0.1, -0.05) is 19.9 Å². The van der Waals surface area contributed by atoms with E-state index in [1.54, 1.807) is 7.11 Å². The Kier molecular flexibility index (Phi) is 4.88. The lowest BCUT2D eigenvalue weighted by molar-refractivity contribution is -0.127. The van der Waals surface area contributed by atoms with Gasteiger partial charge in [-0.3, -0.25) is 4.79 Å². The number of hydrogen-bond donors (Lipinski definition) is 2. The number of anilines is 1. The van der Waals surface area contributed by atoms with Gasteiger partial charge in [0.25, 0.3) is 0 Å². The van der Waals surface area contributed by atoms with Crippen LogP contribution in [0.5, 0.6) is 5.75 Å². The van der Waals surface area contributed by atoms with Crippen LogP contribution in [0, 0.1) is 18.3 Å². The number of benzene rings is 1.